The van der Waals surface area contributed by atoms with Gasteiger partial charge in [-0.3, -0.25) is 4.79 Å². The van der Waals surface area contributed by atoms with Crippen molar-refractivity contribution in [2.75, 3.05) is 13.2 Å². The van der Waals surface area contributed by atoms with Gasteiger partial charge in [-0.15, -0.1) is 0 Å². The Hall–Kier alpha value is -1.51. The highest BCUT2D eigenvalue weighted by atomic mass is 16.5. The molecule has 0 bridgehead atoms. The third-order valence-corrected chi connectivity index (χ3v) is 3.61. The second kappa shape index (κ2) is 7.32. The van der Waals surface area contributed by atoms with Crippen molar-refractivity contribution in [1.29, 1.82) is 0 Å². The van der Waals surface area contributed by atoms with Crippen LogP contribution in [0.3, 0.4) is 0 Å². The summed E-state index contributed by atoms with van der Waals surface area (Å²) in [6.07, 6.45) is 5.52. The SMILES string of the molecule is CC(C)CC(=O)NCCOc1ccc2c(c1)CCCC2. The van der Waals surface area contributed by atoms with Gasteiger partial charge < -0.3 is 10.1 Å². The van der Waals surface area contributed by atoms with Gasteiger partial charge in [-0.2, -0.15) is 0 Å². The molecule has 20 heavy (non-hydrogen) atoms. The van der Waals surface area contributed by atoms with Crippen molar-refractivity contribution in [3.8, 4) is 5.75 Å². The van der Waals surface area contributed by atoms with E-state index in [9.17, 15) is 4.79 Å². The van der Waals surface area contributed by atoms with Crippen LogP contribution in [0.5, 0.6) is 5.75 Å². The molecular formula is C17H25NO2. The summed E-state index contributed by atoms with van der Waals surface area (Å²) in [6.45, 7) is 5.19. The smallest absolute Gasteiger partial charge is 0.220 e. The lowest BCUT2D eigenvalue weighted by atomic mass is 9.92. The van der Waals surface area contributed by atoms with E-state index in [1.165, 1.54) is 30.4 Å². The Bertz CT molecular complexity index is 454. The third kappa shape index (κ3) is 4.55. The number of hydrogen-bond acceptors (Lipinski definition) is 2. The number of aryl methyl sites for hydroxylation is 2. The van der Waals surface area contributed by atoms with Crippen LogP contribution >= 0.6 is 0 Å². The fraction of sp³-hybridized carbons (Fsp3) is 0.588. The van der Waals surface area contributed by atoms with Gasteiger partial charge in [0.05, 0.1) is 6.54 Å². The molecule has 3 heteroatoms. The van der Waals surface area contributed by atoms with E-state index in [4.69, 9.17) is 4.74 Å². The van der Waals surface area contributed by atoms with Gasteiger partial charge in [-0.05, 0) is 54.9 Å². The van der Waals surface area contributed by atoms with E-state index in [0.717, 1.165) is 12.2 Å². The van der Waals surface area contributed by atoms with E-state index in [-0.39, 0.29) is 5.91 Å². The van der Waals surface area contributed by atoms with Gasteiger partial charge in [0.2, 0.25) is 5.91 Å². The molecule has 2 rings (SSSR count). The van der Waals surface area contributed by atoms with Gasteiger partial charge in [0, 0.05) is 6.42 Å². The molecule has 1 amide bonds. The van der Waals surface area contributed by atoms with Crippen LogP contribution in [-0.2, 0) is 17.6 Å². The minimum Gasteiger partial charge on any atom is -0.492 e. The molecule has 0 aromatic heterocycles. The quantitative estimate of drug-likeness (QED) is 0.810. The summed E-state index contributed by atoms with van der Waals surface area (Å²) >= 11 is 0. The van der Waals surface area contributed by atoms with Gasteiger partial charge in [-0.25, -0.2) is 0 Å². The number of hydrogen-bond donors (Lipinski definition) is 1. The van der Waals surface area contributed by atoms with Crippen LogP contribution in [0.15, 0.2) is 18.2 Å². The molecule has 0 saturated heterocycles. The number of ether oxygens (including phenoxy) is 1. The zero-order valence-electron chi connectivity index (χ0n) is 12.6. The third-order valence-electron chi connectivity index (χ3n) is 3.61. The molecule has 1 aromatic carbocycles. The van der Waals surface area contributed by atoms with E-state index in [2.05, 4.69) is 17.4 Å². The number of benzene rings is 1. The topological polar surface area (TPSA) is 38.3 Å². The maximum absolute atomic E-state index is 11.5. The van der Waals surface area contributed by atoms with Crippen LogP contribution in [0.25, 0.3) is 0 Å². The van der Waals surface area contributed by atoms with Crippen molar-refractivity contribution in [3.63, 3.8) is 0 Å². The predicted molar refractivity (Wildman–Crippen MR) is 81.0 cm³/mol. The molecule has 0 spiro atoms. The Morgan fingerprint density at radius 3 is 2.75 bits per heavy atom. The summed E-state index contributed by atoms with van der Waals surface area (Å²) in [4.78, 5) is 11.5. The first-order chi connectivity index (χ1) is 9.65. The molecule has 0 atom stereocenters. The molecule has 0 saturated carbocycles. The Morgan fingerprint density at radius 2 is 2.00 bits per heavy atom. The highest BCUT2D eigenvalue weighted by molar-refractivity contribution is 5.75. The van der Waals surface area contributed by atoms with Crippen LogP contribution in [0.2, 0.25) is 0 Å². The van der Waals surface area contributed by atoms with Crippen molar-refractivity contribution in [3.05, 3.63) is 29.3 Å². The molecule has 0 fully saturated rings. The molecule has 1 aliphatic carbocycles. The fourth-order valence-electron chi connectivity index (χ4n) is 2.60. The van der Waals surface area contributed by atoms with Crippen molar-refractivity contribution in [2.45, 2.75) is 46.0 Å². The van der Waals surface area contributed by atoms with Crippen molar-refractivity contribution < 1.29 is 9.53 Å². The molecular weight excluding hydrogens is 250 g/mol. The second-order valence-corrected chi connectivity index (χ2v) is 5.93. The van der Waals surface area contributed by atoms with Crippen molar-refractivity contribution >= 4 is 5.91 Å². The van der Waals surface area contributed by atoms with Crippen LogP contribution in [0.1, 0.15) is 44.2 Å². The predicted octanol–water partition coefficient (Wildman–Crippen LogP) is 3.11. The standard InChI is InChI=1S/C17H25NO2/c1-13(2)11-17(19)18-9-10-20-16-8-7-14-5-3-4-6-15(14)12-16/h7-8,12-13H,3-6,9-11H2,1-2H3,(H,18,19). The highest BCUT2D eigenvalue weighted by Gasteiger charge is 2.10. The Morgan fingerprint density at radius 1 is 1.25 bits per heavy atom. The van der Waals surface area contributed by atoms with Gasteiger partial charge in [-0.1, -0.05) is 19.9 Å². The molecule has 110 valence electrons. The number of rotatable bonds is 6. The lowest BCUT2D eigenvalue weighted by Gasteiger charge is -2.17. The maximum Gasteiger partial charge on any atom is 0.220 e. The van der Waals surface area contributed by atoms with E-state index in [1.54, 1.807) is 0 Å². The molecule has 0 unspecified atom stereocenters. The Balaban J connectivity index is 1.73. The van der Waals surface area contributed by atoms with Gasteiger partial charge in [0.1, 0.15) is 12.4 Å². The fourth-order valence-corrected chi connectivity index (χ4v) is 2.60. The number of carbonyl (C=O) groups excluding carboxylic acids is 1. The molecule has 0 heterocycles. The van der Waals surface area contributed by atoms with E-state index in [0.29, 0.717) is 25.5 Å². The number of nitrogens with one attached hydrogen (secondary N) is 1. The first-order valence-corrected chi connectivity index (χ1v) is 7.66. The molecule has 0 radical (unpaired) electrons. The largest absolute Gasteiger partial charge is 0.492 e. The first kappa shape index (κ1) is 14.9. The Labute approximate surface area is 121 Å². The molecule has 0 aliphatic heterocycles. The monoisotopic (exact) mass is 275 g/mol. The van der Waals surface area contributed by atoms with E-state index >= 15 is 0 Å². The Kier molecular flexibility index (Phi) is 5.45. The average molecular weight is 275 g/mol. The summed E-state index contributed by atoms with van der Waals surface area (Å²) < 4.78 is 5.71. The van der Waals surface area contributed by atoms with Crippen LogP contribution < -0.4 is 10.1 Å². The van der Waals surface area contributed by atoms with E-state index < -0.39 is 0 Å². The van der Waals surface area contributed by atoms with Crippen molar-refractivity contribution in [2.24, 2.45) is 5.92 Å². The minimum atomic E-state index is 0.106. The van der Waals surface area contributed by atoms with Crippen LogP contribution in [-0.4, -0.2) is 19.1 Å². The summed E-state index contributed by atoms with van der Waals surface area (Å²) in [5.41, 5.74) is 2.89. The molecule has 1 aromatic rings. The zero-order valence-corrected chi connectivity index (χ0v) is 12.6. The molecule has 1 N–H and O–H groups in total. The number of fused-ring (bicyclic) bond motifs is 1. The summed E-state index contributed by atoms with van der Waals surface area (Å²) in [5, 5.41) is 2.88. The van der Waals surface area contributed by atoms with Crippen LogP contribution in [0, 0.1) is 5.92 Å². The number of amides is 1. The summed E-state index contributed by atoms with van der Waals surface area (Å²) in [7, 11) is 0. The second-order valence-electron chi connectivity index (χ2n) is 5.93. The van der Waals surface area contributed by atoms with Crippen molar-refractivity contribution in [1.82, 2.24) is 5.32 Å². The van der Waals surface area contributed by atoms with Gasteiger partial charge in [0.15, 0.2) is 0 Å². The average Bonchev–Trinajstić information content (AvgIpc) is 2.43. The summed E-state index contributed by atoms with van der Waals surface area (Å²) in [5.74, 6) is 1.43. The van der Waals surface area contributed by atoms with Gasteiger partial charge >= 0.3 is 0 Å². The number of carbonyl (C=O) groups is 1. The molecule has 3 nitrogen and oxygen atoms in total. The van der Waals surface area contributed by atoms with Crippen LogP contribution in [0.4, 0.5) is 0 Å². The maximum atomic E-state index is 11.5. The molecule has 1 aliphatic rings. The van der Waals surface area contributed by atoms with E-state index in [1.807, 2.05) is 19.9 Å². The summed E-state index contributed by atoms with van der Waals surface area (Å²) in [6, 6.07) is 6.38. The lowest BCUT2D eigenvalue weighted by Crippen LogP contribution is -2.28. The minimum absolute atomic E-state index is 0.106. The lowest BCUT2D eigenvalue weighted by molar-refractivity contribution is -0.121. The zero-order chi connectivity index (χ0) is 14.4. The normalized spacial score (nSPS) is 13.9. The van der Waals surface area contributed by atoms with Gasteiger partial charge in [0.25, 0.3) is 0 Å². The highest BCUT2D eigenvalue weighted by Crippen LogP contribution is 2.25. The first-order valence-electron chi connectivity index (χ1n) is 7.66.